The van der Waals surface area contributed by atoms with Crippen LogP contribution in [0.1, 0.15) is 25.8 Å². The van der Waals surface area contributed by atoms with Gasteiger partial charge in [0.1, 0.15) is 5.54 Å². The van der Waals surface area contributed by atoms with E-state index in [9.17, 15) is 4.79 Å². The first-order valence-corrected chi connectivity index (χ1v) is 7.13. The van der Waals surface area contributed by atoms with Gasteiger partial charge in [-0.1, -0.05) is 37.3 Å². The fourth-order valence-corrected chi connectivity index (χ4v) is 2.76. The lowest BCUT2D eigenvalue weighted by Gasteiger charge is -2.39. The number of nitrogens with two attached hydrogens (primary N) is 1. The van der Waals surface area contributed by atoms with E-state index in [-0.39, 0.29) is 12.0 Å². The highest BCUT2D eigenvalue weighted by Crippen LogP contribution is 2.25. The maximum atomic E-state index is 12.7. The van der Waals surface area contributed by atoms with Crippen LogP contribution in [0.3, 0.4) is 0 Å². The lowest BCUT2D eigenvalue weighted by atomic mass is 9.89. The van der Waals surface area contributed by atoms with E-state index >= 15 is 0 Å². The molecule has 1 heterocycles. The third-order valence-electron chi connectivity index (χ3n) is 4.30. The lowest BCUT2D eigenvalue weighted by Crippen LogP contribution is -2.55. The van der Waals surface area contributed by atoms with Crippen molar-refractivity contribution in [3.8, 4) is 0 Å². The molecule has 20 heavy (non-hydrogen) atoms. The number of ether oxygens (including phenoxy) is 1. The second-order valence-corrected chi connectivity index (χ2v) is 5.86. The molecule has 0 bridgehead atoms. The largest absolute Gasteiger partial charge is 0.379 e. The minimum atomic E-state index is -0.986. The fraction of sp³-hybridized carbons (Fsp3) is 0.562. The monoisotopic (exact) mass is 276 g/mol. The van der Waals surface area contributed by atoms with Crippen molar-refractivity contribution in [3.63, 3.8) is 0 Å². The molecule has 2 rings (SSSR count). The van der Waals surface area contributed by atoms with E-state index in [1.807, 2.05) is 35.2 Å². The number of nitrogens with zero attached hydrogens (tertiary/aromatic N) is 1. The first kappa shape index (κ1) is 15.0. The number of rotatable bonds is 3. The molecule has 3 unspecified atom stereocenters. The van der Waals surface area contributed by atoms with E-state index < -0.39 is 5.54 Å². The molecule has 0 saturated carbocycles. The quantitative estimate of drug-likeness (QED) is 0.915. The highest BCUT2D eigenvalue weighted by atomic mass is 16.5. The molecule has 1 aliphatic rings. The topological polar surface area (TPSA) is 55.6 Å². The minimum Gasteiger partial charge on any atom is -0.379 e. The minimum absolute atomic E-state index is 0.0300. The summed E-state index contributed by atoms with van der Waals surface area (Å²) >= 11 is 0. The number of hydrogen-bond acceptors (Lipinski definition) is 3. The summed E-state index contributed by atoms with van der Waals surface area (Å²) in [4.78, 5) is 14.6. The maximum Gasteiger partial charge on any atom is 0.247 e. The number of benzene rings is 1. The molecule has 110 valence electrons. The molecule has 1 saturated heterocycles. The zero-order chi connectivity index (χ0) is 14.8. The zero-order valence-electron chi connectivity index (χ0n) is 12.5. The second-order valence-electron chi connectivity index (χ2n) is 5.86. The van der Waals surface area contributed by atoms with E-state index in [2.05, 4.69) is 6.92 Å². The van der Waals surface area contributed by atoms with Crippen molar-refractivity contribution in [3.05, 3.63) is 35.9 Å². The summed E-state index contributed by atoms with van der Waals surface area (Å²) in [6, 6.07) is 9.54. The molecular weight excluding hydrogens is 252 g/mol. The first-order chi connectivity index (χ1) is 9.46. The zero-order valence-corrected chi connectivity index (χ0v) is 12.5. The Kier molecular flexibility index (Phi) is 4.45. The van der Waals surface area contributed by atoms with Crippen LogP contribution in [0.5, 0.6) is 0 Å². The summed E-state index contributed by atoms with van der Waals surface area (Å²) in [5.74, 6) is 0.447. The van der Waals surface area contributed by atoms with Crippen LogP contribution in [0, 0.1) is 5.92 Å². The molecule has 2 N–H and O–H groups in total. The van der Waals surface area contributed by atoms with Gasteiger partial charge < -0.3 is 15.4 Å². The molecule has 1 aromatic rings. The second kappa shape index (κ2) is 5.94. The van der Waals surface area contributed by atoms with Crippen LogP contribution in [0.25, 0.3) is 0 Å². The van der Waals surface area contributed by atoms with Crippen LogP contribution in [0.15, 0.2) is 30.3 Å². The smallest absolute Gasteiger partial charge is 0.247 e. The molecule has 3 atom stereocenters. The molecule has 1 aliphatic heterocycles. The Morgan fingerprint density at radius 2 is 2.05 bits per heavy atom. The van der Waals surface area contributed by atoms with Crippen LogP contribution in [-0.2, 0) is 15.1 Å². The predicted octanol–water partition coefficient (Wildman–Crippen LogP) is 1.74. The van der Waals surface area contributed by atoms with Crippen LogP contribution in [0.4, 0.5) is 0 Å². The number of piperidine rings is 1. The molecule has 1 aromatic carbocycles. The molecule has 1 fully saturated rings. The molecular formula is C16H24N2O2. The van der Waals surface area contributed by atoms with Crippen LogP contribution in [0.2, 0.25) is 0 Å². The van der Waals surface area contributed by atoms with Gasteiger partial charge in [0.25, 0.3) is 0 Å². The van der Waals surface area contributed by atoms with Crippen LogP contribution in [-0.4, -0.2) is 37.1 Å². The maximum absolute atomic E-state index is 12.7. The number of amides is 1. The van der Waals surface area contributed by atoms with Crippen molar-refractivity contribution in [1.82, 2.24) is 4.90 Å². The van der Waals surface area contributed by atoms with E-state index in [1.54, 1.807) is 14.0 Å². The Morgan fingerprint density at radius 3 is 2.65 bits per heavy atom. The number of carbonyl (C=O) groups excluding carboxylic acids is 1. The van der Waals surface area contributed by atoms with Gasteiger partial charge in [0.05, 0.1) is 6.10 Å². The average Bonchev–Trinajstić information content (AvgIpc) is 2.48. The van der Waals surface area contributed by atoms with Gasteiger partial charge in [-0.25, -0.2) is 0 Å². The van der Waals surface area contributed by atoms with E-state index in [4.69, 9.17) is 10.5 Å². The highest BCUT2D eigenvalue weighted by molar-refractivity contribution is 5.87. The van der Waals surface area contributed by atoms with E-state index in [0.717, 1.165) is 18.5 Å². The molecule has 1 amide bonds. The summed E-state index contributed by atoms with van der Waals surface area (Å²) in [6.07, 6.45) is 1.05. The molecule has 4 nitrogen and oxygen atoms in total. The lowest BCUT2D eigenvalue weighted by molar-refractivity contribution is -0.141. The SMILES string of the molecule is COC1CN(C(=O)C(C)(N)c2ccccc2)CCC1C. The third kappa shape index (κ3) is 2.86. The van der Waals surface area contributed by atoms with E-state index in [1.165, 1.54) is 0 Å². The van der Waals surface area contributed by atoms with Crippen molar-refractivity contribution in [1.29, 1.82) is 0 Å². The summed E-state index contributed by atoms with van der Waals surface area (Å²) in [5, 5.41) is 0. The van der Waals surface area contributed by atoms with Gasteiger partial charge in [-0.05, 0) is 24.8 Å². The Morgan fingerprint density at radius 1 is 1.40 bits per heavy atom. The molecule has 0 radical (unpaired) electrons. The molecule has 0 aromatic heterocycles. The van der Waals surface area contributed by atoms with Crippen LogP contribution < -0.4 is 5.73 Å². The Labute approximate surface area is 120 Å². The van der Waals surface area contributed by atoms with Crippen molar-refractivity contribution in [2.45, 2.75) is 31.9 Å². The molecule has 0 spiro atoms. The van der Waals surface area contributed by atoms with Crippen molar-refractivity contribution in [2.24, 2.45) is 11.7 Å². The number of methoxy groups -OCH3 is 1. The van der Waals surface area contributed by atoms with Crippen LogP contribution >= 0.6 is 0 Å². The number of carbonyl (C=O) groups is 1. The Bertz CT molecular complexity index is 459. The Balaban J connectivity index is 2.15. The average molecular weight is 276 g/mol. The fourth-order valence-electron chi connectivity index (χ4n) is 2.76. The number of likely N-dealkylation sites (tertiary alicyclic amines) is 1. The van der Waals surface area contributed by atoms with Gasteiger partial charge in [0, 0.05) is 20.2 Å². The standard InChI is InChI=1S/C16H24N2O2/c1-12-9-10-18(11-14(12)20-3)15(19)16(2,17)13-7-5-4-6-8-13/h4-8,12,14H,9-11,17H2,1-3H3. The normalized spacial score (nSPS) is 26.1. The predicted molar refractivity (Wildman–Crippen MR) is 79.1 cm³/mol. The van der Waals surface area contributed by atoms with Gasteiger partial charge in [0.15, 0.2) is 0 Å². The summed E-state index contributed by atoms with van der Waals surface area (Å²) in [6.45, 7) is 5.31. The molecule has 0 aliphatic carbocycles. The highest BCUT2D eigenvalue weighted by Gasteiger charge is 2.38. The first-order valence-electron chi connectivity index (χ1n) is 7.13. The van der Waals surface area contributed by atoms with Crippen molar-refractivity contribution < 1.29 is 9.53 Å². The van der Waals surface area contributed by atoms with Crippen molar-refractivity contribution in [2.75, 3.05) is 20.2 Å². The summed E-state index contributed by atoms with van der Waals surface area (Å²) in [5.41, 5.74) is 6.16. The Hall–Kier alpha value is -1.39. The molecule has 4 heteroatoms. The van der Waals surface area contributed by atoms with E-state index in [0.29, 0.717) is 12.5 Å². The van der Waals surface area contributed by atoms with Gasteiger partial charge in [-0.3, -0.25) is 4.79 Å². The van der Waals surface area contributed by atoms with Gasteiger partial charge >= 0.3 is 0 Å². The van der Waals surface area contributed by atoms with Gasteiger partial charge in [0.2, 0.25) is 5.91 Å². The third-order valence-corrected chi connectivity index (χ3v) is 4.30. The summed E-state index contributed by atoms with van der Waals surface area (Å²) in [7, 11) is 1.70. The summed E-state index contributed by atoms with van der Waals surface area (Å²) < 4.78 is 5.47. The van der Waals surface area contributed by atoms with Gasteiger partial charge in [-0.15, -0.1) is 0 Å². The number of hydrogen-bond donors (Lipinski definition) is 1. The van der Waals surface area contributed by atoms with Crippen molar-refractivity contribution >= 4 is 5.91 Å². The van der Waals surface area contributed by atoms with Gasteiger partial charge in [-0.2, -0.15) is 0 Å².